The average Bonchev–Trinajstić information content (AvgIpc) is 2.90. The van der Waals surface area contributed by atoms with E-state index in [0.717, 1.165) is 18.4 Å². The van der Waals surface area contributed by atoms with Crippen LogP contribution in [0.15, 0.2) is 30.4 Å². The molecule has 2 rings (SSSR count). The minimum Gasteiger partial charge on any atom is -0.392 e. The van der Waals surface area contributed by atoms with Gasteiger partial charge in [-0.1, -0.05) is 18.2 Å². The lowest BCUT2D eigenvalue weighted by Gasteiger charge is -2.09. The molecular weight excluding hydrogens is 245 g/mol. The number of benzene rings is 1. The second-order valence-electron chi connectivity index (χ2n) is 4.83. The van der Waals surface area contributed by atoms with Gasteiger partial charge in [0.25, 0.3) is 0 Å². The van der Waals surface area contributed by atoms with Gasteiger partial charge in [-0.05, 0) is 36.5 Å². The van der Waals surface area contributed by atoms with E-state index in [0.29, 0.717) is 18.9 Å². The van der Waals surface area contributed by atoms with Crippen LogP contribution >= 0.6 is 0 Å². The maximum absolute atomic E-state index is 13.2. The van der Waals surface area contributed by atoms with Crippen molar-refractivity contribution in [3.63, 3.8) is 0 Å². The second-order valence-corrected chi connectivity index (χ2v) is 4.83. The van der Waals surface area contributed by atoms with Crippen LogP contribution in [0.3, 0.4) is 0 Å². The van der Waals surface area contributed by atoms with E-state index in [-0.39, 0.29) is 18.1 Å². The predicted molar refractivity (Wildman–Crippen MR) is 70.7 cm³/mol. The van der Waals surface area contributed by atoms with E-state index in [2.05, 4.69) is 17.5 Å². The van der Waals surface area contributed by atoms with Crippen LogP contribution in [0, 0.1) is 11.7 Å². The van der Waals surface area contributed by atoms with Gasteiger partial charge in [-0.15, -0.1) is 0 Å². The number of aliphatic hydroxyl groups is 1. The van der Waals surface area contributed by atoms with Crippen LogP contribution < -0.4 is 5.32 Å². The van der Waals surface area contributed by atoms with E-state index >= 15 is 0 Å². The molecule has 19 heavy (non-hydrogen) atoms. The Morgan fingerprint density at radius 3 is 3.00 bits per heavy atom. The number of carbonyl (C=O) groups is 1. The van der Waals surface area contributed by atoms with E-state index in [4.69, 9.17) is 5.11 Å². The summed E-state index contributed by atoms with van der Waals surface area (Å²) < 4.78 is 13.2. The normalized spacial score (nSPS) is 17.7. The molecule has 2 N–H and O–H groups in total. The number of halogens is 1. The molecule has 1 aliphatic rings. The minimum atomic E-state index is -0.423. The Kier molecular flexibility index (Phi) is 4.68. The highest BCUT2D eigenvalue weighted by Gasteiger charge is 2.13. The number of allylic oxidation sites excluding steroid dienone is 2. The molecule has 102 valence electrons. The number of rotatable bonds is 5. The lowest BCUT2D eigenvalue weighted by atomic mass is 10.0. The van der Waals surface area contributed by atoms with E-state index in [9.17, 15) is 9.18 Å². The molecule has 1 amide bonds. The molecule has 1 aromatic carbocycles. The fraction of sp³-hybridized carbons (Fsp3) is 0.400. The van der Waals surface area contributed by atoms with Crippen molar-refractivity contribution in [3.8, 4) is 0 Å². The van der Waals surface area contributed by atoms with Gasteiger partial charge < -0.3 is 10.4 Å². The Hall–Kier alpha value is -1.68. The van der Waals surface area contributed by atoms with Crippen LogP contribution in [0.1, 0.15) is 30.4 Å². The Labute approximate surface area is 112 Å². The van der Waals surface area contributed by atoms with E-state index in [1.165, 1.54) is 6.07 Å². The first-order chi connectivity index (χ1) is 9.19. The van der Waals surface area contributed by atoms with Crippen molar-refractivity contribution in [2.45, 2.75) is 32.4 Å². The summed E-state index contributed by atoms with van der Waals surface area (Å²) in [5.41, 5.74) is 1.05. The van der Waals surface area contributed by atoms with Crippen molar-refractivity contribution < 1.29 is 14.3 Å². The summed E-state index contributed by atoms with van der Waals surface area (Å²) in [7, 11) is 0. The highest BCUT2D eigenvalue weighted by atomic mass is 19.1. The van der Waals surface area contributed by atoms with Crippen molar-refractivity contribution in [2.24, 2.45) is 5.92 Å². The van der Waals surface area contributed by atoms with Crippen molar-refractivity contribution in [2.75, 3.05) is 0 Å². The third-order valence-electron chi connectivity index (χ3n) is 3.33. The first-order valence-corrected chi connectivity index (χ1v) is 6.50. The van der Waals surface area contributed by atoms with E-state index in [1.54, 1.807) is 12.1 Å². The quantitative estimate of drug-likeness (QED) is 0.801. The third-order valence-corrected chi connectivity index (χ3v) is 3.33. The second kappa shape index (κ2) is 6.48. The predicted octanol–water partition coefficient (Wildman–Crippen LogP) is 2.29. The van der Waals surface area contributed by atoms with Gasteiger partial charge in [0, 0.05) is 18.5 Å². The van der Waals surface area contributed by atoms with E-state index in [1.807, 2.05) is 0 Å². The average molecular weight is 263 g/mol. The molecule has 3 nitrogen and oxygen atoms in total. The van der Waals surface area contributed by atoms with Crippen LogP contribution in [-0.2, 0) is 17.9 Å². The first kappa shape index (κ1) is 13.7. The number of aliphatic hydroxyl groups excluding tert-OH is 1. The Morgan fingerprint density at radius 1 is 1.47 bits per heavy atom. The van der Waals surface area contributed by atoms with Gasteiger partial charge in [0.1, 0.15) is 5.82 Å². The summed E-state index contributed by atoms with van der Waals surface area (Å²) in [6, 6.07) is 4.50. The maximum Gasteiger partial charge on any atom is 0.220 e. The number of hydrogen-bond donors (Lipinski definition) is 2. The molecule has 0 aliphatic heterocycles. The molecule has 1 unspecified atom stereocenters. The fourth-order valence-corrected chi connectivity index (χ4v) is 2.24. The Balaban J connectivity index is 1.84. The molecule has 4 heteroatoms. The van der Waals surface area contributed by atoms with Crippen LogP contribution in [0.25, 0.3) is 0 Å². The standard InChI is InChI=1S/C15H18FNO2/c16-14-6-5-12(7-13(14)10-18)9-17-15(19)8-11-3-1-2-4-11/h1,3,5-7,11,18H,2,4,8-10H2,(H,17,19). The van der Waals surface area contributed by atoms with Crippen molar-refractivity contribution in [1.82, 2.24) is 5.32 Å². The van der Waals surface area contributed by atoms with Crippen LogP contribution in [-0.4, -0.2) is 11.0 Å². The van der Waals surface area contributed by atoms with Crippen molar-refractivity contribution in [3.05, 3.63) is 47.3 Å². The van der Waals surface area contributed by atoms with Crippen LogP contribution in [0.4, 0.5) is 4.39 Å². The summed E-state index contributed by atoms with van der Waals surface area (Å²) in [5, 5.41) is 11.8. The molecule has 0 bridgehead atoms. The topological polar surface area (TPSA) is 49.3 Å². The lowest BCUT2D eigenvalue weighted by molar-refractivity contribution is -0.121. The first-order valence-electron chi connectivity index (χ1n) is 6.50. The smallest absolute Gasteiger partial charge is 0.220 e. The molecule has 0 aromatic heterocycles. The number of carbonyl (C=O) groups excluding carboxylic acids is 1. The molecule has 0 spiro atoms. The largest absolute Gasteiger partial charge is 0.392 e. The lowest BCUT2D eigenvalue weighted by Crippen LogP contribution is -2.24. The van der Waals surface area contributed by atoms with E-state index < -0.39 is 5.82 Å². The molecule has 0 radical (unpaired) electrons. The summed E-state index contributed by atoms with van der Waals surface area (Å²) in [6.45, 7) is 0.0308. The fourth-order valence-electron chi connectivity index (χ4n) is 2.24. The van der Waals surface area contributed by atoms with Gasteiger partial charge >= 0.3 is 0 Å². The minimum absolute atomic E-state index is 0.00595. The SMILES string of the molecule is O=C(CC1C=CCC1)NCc1ccc(F)c(CO)c1. The maximum atomic E-state index is 13.2. The van der Waals surface area contributed by atoms with Crippen LogP contribution in [0.2, 0.25) is 0 Å². The monoisotopic (exact) mass is 263 g/mol. The van der Waals surface area contributed by atoms with Gasteiger partial charge in [0.05, 0.1) is 6.61 Å². The van der Waals surface area contributed by atoms with Crippen molar-refractivity contribution in [1.29, 1.82) is 0 Å². The molecule has 0 fully saturated rings. The molecule has 0 saturated carbocycles. The Bertz CT molecular complexity index is 485. The highest BCUT2D eigenvalue weighted by Crippen LogP contribution is 2.20. The van der Waals surface area contributed by atoms with Gasteiger partial charge in [0.2, 0.25) is 5.91 Å². The van der Waals surface area contributed by atoms with Crippen molar-refractivity contribution >= 4 is 5.91 Å². The summed E-state index contributed by atoms with van der Waals surface area (Å²) in [6.07, 6.45) is 6.78. The van der Waals surface area contributed by atoms with Gasteiger partial charge in [0.15, 0.2) is 0 Å². The van der Waals surface area contributed by atoms with Crippen LogP contribution in [0.5, 0.6) is 0 Å². The molecular formula is C15H18FNO2. The summed E-state index contributed by atoms with van der Waals surface area (Å²) >= 11 is 0. The molecule has 1 aliphatic carbocycles. The summed E-state index contributed by atoms with van der Waals surface area (Å²) in [5.74, 6) is -0.0682. The Morgan fingerprint density at radius 2 is 2.32 bits per heavy atom. The molecule has 1 atom stereocenters. The zero-order valence-corrected chi connectivity index (χ0v) is 10.7. The zero-order chi connectivity index (χ0) is 13.7. The van der Waals surface area contributed by atoms with Gasteiger partial charge in [-0.3, -0.25) is 4.79 Å². The highest BCUT2D eigenvalue weighted by molar-refractivity contribution is 5.76. The molecule has 0 saturated heterocycles. The summed E-state index contributed by atoms with van der Waals surface area (Å²) in [4.78, 5) is 11.7. The number of nitrogens with one attached hydrogen (secondary N) is 1. The number of hydrogen-bond acceptors (Lipinski definition) is 2. The van der Waals surface area contributed by atoms with Gasteiger partial charge in [-0.2, -0.15) is 0 Å². The van der Waals surface area contributed by atoms with Gasteiger partial charge in [-0.25, -0.2) is 4.39 Å². The zero-order valence-electron chi connectivity index (χ0n) is 10.7. The molecule has 0 heterocycles. The molecule has 1 aromatic rings. The third kappa shape index (κ3) is 3.89. The number of amides is 1.